The molecule has 0 saturated heterocycles. The number of benzene rings is 1. The quantitative estimate of drug-likeness (QED) is 0.879. The van der Waals surface area contributed by atoms with E-state index in [2.05, 4.69) is 20.5 Å². The van der Waals surface area contributed by atoms with Crippen molar-refractivity contribution in [3.8, 4) is 0 Å². The van der Waals surface area contributed by atoms with Crippen LogP contribution >= 0.6 is 11.6 Å². The van der Waals surface area contributed by atoms with Crippen molar-refractivity contribution in [1.82, 2.24) is 15.2 Å². The fourth-order valence-electron chi connectivity index (χ4n) is 1.12. The monoisotopic (exact) mass is 242 g/mol. The van der Waals surface area contributed by atoms with Crippen molar-refractivity contribution in [3.05, 3.63) is 41.3 Å². The summed E-state index contributed by atoms with van der Waals surface area (Å²) >= 11 is 5.50. The van der Waals surface area contributed by atoms with Gasteiger partial charge in [-0.05, 0) is 23.7 Å². The Morgan fingerprint density at radius 1 is 1.12 bits per heavy atom. The van der Waals surface area contributed by atoms with Crippen LogP contribution in [0.1, 0.15) is 0 Å². The van der Waals surface area contributed by atoms with E-state index in [4.69, 9.17) is 11.6 Å². The van der Waals surface area contributed by atoms with Crippen LogP contribution in [0.3, 0.4) is 0 Å². The lowest BCUT2D eigenvalue weighted by atomic mass is 10.3. The molecule has 1 N–H and O–H groups in total. The summed E-state index contributed by atoms with van der Waals surface area (Å²) in [6.07, 6.45) is 1.29. The van der Waals surface area contributed by atoms with Crippen molar-refractivity contribution in [2.24, 2.45) is 0 Å². The van der Waals surface area contributed by atoms with Gasteiger partial charge in [-0.1, -0.05) is 0 Å². The summed E-state index contributed by atoms with van der Waals surface area (Å²) in [7, 11) is 0. The Morgan fingerprint density at radius 3 is 2.44 bits per heavy atom. The molecule has 0 radical (unpaired) electrons. The number of hydrogen-bond acceptors (Lipinski definition) is 4. The second-order valence-electron chi connectivity index (χ2n) is 2.89. The summed E-state index contributed by atoms with van der Waals surface area (Å²) in [6.45, 7) is 0. The molecule has 1 heterocycles. The van der Waals surface area contributed by atoms with E-state index >= 15 is 0 Å². The smallest absolute Gasteiger partial charge is 0.244 e. The molecule has 4 nitrogen and oxygen atoms in total. The Hall–Kier alpha value is -1.82. The Balaban J connectivity index is 2.27. The number of hydrogen-bond donors (Lipinski definition) is 1. The van der Waals surface area contributed by atoms with E-state index in [0.29, 0.717) is 0 Å². The van der Waals surface area contributed by atoms with Crippen LogP contribution in [0.25, 0.3) is 0 Å². The number of nitrogens with one attached hydrogen (secondary N) is 1. The highest BCUT2D eigenvalue weighted by Gasteiger charge is 2.02. The van der Waals surface area contributed by atoms with Gasteiger partial charge in [0.25, 0.3) is 0 Å². The topological polar surface area (TPSA) is 50.7 Å². The summed E-state index contributed by atoms with van der Waals surface area (Å²) in [5.41, 5.74) is 0.217. The fourth-order valence-corrected chi connectivity index (χ4v) is 1.25. The average Bonchev–Trinajstić information content (AvgIpc) is 2.15. The fraction of sp³-hybridized carbons (Fsp3) is 0. The molecule has 0 atom stereocenters. The Morgan fingerprint density at radius 2 is 1.81 bits per heavy atom. The van der Waals surface area contributed by atoms with Crippen molar-refractivity contribution in [3.63, 3.8) is 0 Å². The summed E-state index contributed by atoms with van der Waals surface area (Å²) in [5.74, 6) is -1.11. The van der Waals surface area contributed by atoms with Crippen LogP contribution in [0, 0.1) is 11.6 Å². The third-order valence-electron chi connectivity index (χ3n) is 1.67. The third kappa shape index (κ3) is 2.60. The molecule has 82 valence electrons. The second kappa shape index (κ2) is 4.36. The first-order chi connectivity index (χ1) is 7.63. The van der Waals surface area contributed by atoms with E-state index in [1.165, 1.54) is 6.20 Å². The molecular weight excluding hydrogens is 238 g/mol. The number of aromatic nitrogens is 3. The maximum absolute atomic E-state index is 12.9. The first-order valence-corrected chi connectivity index (χ1v) is 4.59. The van der Waals surface area contributed by atoms with Crippen LogP contribution in [-0.4, -0.2) is 15.2 Å². The molecule has 16 heavy (non-hydrogen) atoms. The van der Waals surface area contributed by atoms with Gasteiger partial charge in [0.05, 0.1) is 6.20 Å². The maximum atomic E-state index is 12.9. The van der Waals surface area contributed by atoms with Crippen molar-refractivity contribution >= 4 is 23.1 Å². The highest BCUT2D eigenvalue weighted by molar-refractivity contribution is 6.28. The van der Waals surface area contributed by atoms with E-state index in [1.54, 1.807) is 0 Å². The van der Waals surface area contributed by atoms with Gasteiger partial charge < -0.3 is 5.32 Å². The van der Waals surface area contributed by atoms with Crippen LogP contribution in [0.5, 0.6) is 0 Å². The molecule has 0 amide bonds. The molecule has 2 aromatic rings. The van der Waals surface area contributed by atoms with Gasteiger partial charge in [0.1, 0.15) is 11.6 Å². The molecule has 0 spiro atoms. The lowest BCUT2D eigenvalue weighted by Crippen LogP contribution is -1.97. The van der Waals surface area contributed by atoms with Gasteiger partial charge in [-0.3, -0.25) is 0 Å². The lowest BCUT2D eigenvalue weighted by Gasteiger charge is -2.04. The molecule has 1 aromatic heterocycles. The van der Waals surface area contributed by atoms with Crippen molar-refractivity contribution in [2.45, 2.75) is 0 Å². The highest BCUT2D eigenvalue weighted by Crippen LogP contribution is 2.17. The second-order valence-corrected chi connectivity index (χ2v) is 3.23. The minimum Gasteiger partial charge on any atom is -0.339 e. The van der Waals surface area contributed by atoms with Gasteiger partial charge in [0.15, 0.2) is 5.82 Å². The zero-order valence-electron chi connectivity index (χ0n) is 7.78. The predicted molar refractivity (Wildman–Crippen MR) is 54.5 cm³/mol. The number of halogens is 3. The summed E-state index contributed by atoms with van der Waals surface area (Å²) in [5, 5.41) is 9.56. The maximum Gasteiger partial charge on any atom is 0.244 e. The molecule has 0 aliphatic heterocycles. The Bertz CT molecular complexity index is 500. The minimum absolute atomic E-state index is 0.0538. The molecule has 0 bridgehead atoms. The summed E-state index contributed by atoms with van der Waals surface area (Å²) in [4.78, 5) is 3.76. The first kappa shape index (κ1) is 10.7. The number of anilines is 2. The van der Waals surface area contributed by atoms with Crippen LogP contribution in [0.2, 0.25) is 5.28 Å². The normalized spacial score (nSPS) is 10.2. The van der Waals surface area contributed by atoms with Gasteiger partial charge in [-0.2, -0.15) is 10.1 Å². The van der Waals surface area contributed by atoms with Gasteiger partial charge in [0.2, 0.25) is 5.28 Å². The van der Waals surface area contributed by atoms with E-state index in [0.717, 1.165) is 18.2 Å². The Kier molecular flexibility index (Phi) is 2.91. The van der Waals surface area contributed by atoms with Gasteiger partial charge in [0, 0.05) is 11.8 Å². The molecule has 2 rings (SSSR count). The molecule has 0 aliphatic carbocycles. The van der Waals surface area contributed by atoms with E-state index in [-0.39, 0.29) is 16.8 Å². The molecule has 0 aliphatic rings. The highest BCUT2D eigenvalue weighted by atomic mass is 35.5. The van der Waals surface area contributed by atoms with Gasteiger partial charge in [-0.25, -0.2) is 8.78 Å². The standard InChI is InChI=1S/C9H5ClF2N4/c10-9-15-8(4-13-16-9)14-7-2-5(11)1-6(12)3-7/h1-4H,(H,14,15,16). The van der Waals surface area contributed by atoms with Crippen molar-refractivity contribution < 1.29 is 8.78 Å². The van der Waals surface area contributed by atoms with Crippen LogP contribution in [0.15, 0.2) is 24.4 Å². The van der Waals surface area contributed by atoms with Crippen molar-refractivity contribution in [2.75, 3.05) is 5.32 Å². The van der Waals surface area contributed by atoms with Crippen molar-refractivity contribution in [1.29, 1.82) is 0 Å². The molecule has 0 saturated carbocycles. The van der Waals surface area contributed by atoms with Gasteiger partial charge >= 0.3 is 0 Å². The average molecular weight is 243 g/mol. The Labute approximate surface area is 94.3 Å². The molecule has 0 unspecified atom stereocenters. The van der Waals surface area contributed by atoms with Crippen LogP contribution < -0.4 is 5.32 Å². The lowest BCUT2D eigenvalue weighted by molar-refractivity contribution is 0.584. The zero-order chi connectivity index (χ0) is 11.5. The predicted octanol–water partition coefficient (Wildman–Crippen LogP) is 2.55. The molecule has 7 heteroatoms. The van der Waals surface area contributed by atoms with E-state index in [9.17, 15) is 8.78 Å². The molecule has 0 fully saturated rings. The first-order valence-electron chi connectivity index (χ1n) is 4.22. The summed E-state index contributed by atoms with van der Waals surface area (Å²) < 4.78 is 25.7. The summed E-state index contributed by atoms with van der Waals surface area (Å²) in [6, 6.07) is 3.02. The van der Waals surface area contributed by atoms with E-state index in [1.807, 2.05) is 0 Å². The SMILES string of the molecule is Fc1cc(F)cc(Nc2cnnc(Cl)n2)c1. The van der Waals surface area contributed by atoms with Crippen LogP contribution in [-0.2, 0) is 0 Å². The van der Waals surface area contributed by atoms with Gasteiger partial charge in [-0.15, -0.1) is 5.10 Å². The zero-order valence-corrected chi connectivity index (χ0v) is 8.54. The number of rotatable bonds is 2. The van der Waals surface area contributed by atoms with E-state index < -0.39 is 11.6 Å². The minimum atomic E-state index is -0.685. The largest absolute Gasteiger partial charge is 0.339 e. The number of nitrogens with zero attached hydrogens (tertiary/aromatic N) is 3. The van der Waals surface area contributed by atoms with Crippen LogP contribution in [0.4, 0.5) is 20.3 Å². The molecule has 1 aromatic carbocycles. The molecular formula is C9H5ClF2N4. The third-order valence-corrected chi connectivity index (χ3v) is 1.83.